The van der Waals surface area contributed by atoms with Gasteiger partial charge in [-0.15, -0.1) is 0 Å². The fourth-order valence-corrected chi connectivity index (χ4v) is 2.98. The number of carbonyl (C=O) groups is 1. The fraction of sp³-hybridized carbons (Fsp3) is 0.300. The predicted molar refractivity (Wildman–Crippen MR) is 96.2 cm³/mol. The van der Waals surface area contributed by atoms with Crippen molar-refractivity contribution in [2.24, 2.45) is 0 Å². The average Bonchev–Trinajstić information content (AvgIpc) is 2.67. The van der Waals surface area contributed by atoms with Crippen LogP contribution in [0, 0.1) is 11.3 Å². The van der Waals surface area contributed by atoms with Crippen molar-refractivity contribution >= 4 is 11.6 Å². The van der Waals surface area contributed by atoms with Crippen LogP contribution in [0.2, 0.25) is 0 Å². The number of hydrogen-bond acceptors (Lipinski definition) is 4. The Morgan fingerprint density at radius 3 is 2.60 bits per heavy atom. The van der Waals surface area contributed by atoms with Crippen molar-refractivity contribution in [1.82, 2.24) is 5.32 Å². The van der Waals surface area contributed by atoms with Gasteiger partial charge in [-0.25, -0.2) is 0 Å². The number of benzene rings is 2. The number of anilines is 1. The molecule has 5 heteroatoms. The van der Waals surface area contributed by atoms with Crippen LogP contribution in [0.4, 0.5) is 5.69 Å². The van der Waals surface area contributed by atoms with Crippen LogP contribution in [-0.2, 0) is 6.54 Å². The Kier molecular flexibility index (Phi) is 5.32. The minimum Gasteiger partial charge on any atom is -0.393 e. The Labute approximate surface area is 147 Å². The Balaban J connectivity index is 1.58. The highest BCUT2D eigenvalue weighted by atomic mass is 16.3. The largest absolute Gasteiger partial charge is 0.393 e. The zero-order chi connectivity index (χ0) is 17.6. The topological polar surface area (TPSA) is 76.4 Å². The number of hydrogen-bond donors (Lipinski definition) is 2. The molecule has 0 saturated carbocycles. The minimum absolute atomic E-state index is 0.136. The smallest absolute Gasteiger partial charge is 0.251 e. The van der Waals surface area contributed by atoms with Crippen molar-refractivity contribution in [2.75, 3.05) is 18.0 Å². The van der Waals surface area contributed by atoms with Gasteiger partial charge in [0.2, 0.25) is 0 Å². The molecule has 0 spiro atoms. The molecule has 1 aliphatic heterocycles. The van der Waals surface area contributed by atoms with Crippen LogP contribution in [-0.4, -0.2) is 30.2 Å². The lowest BCUT2D eigenvalue weighted by Gasteiger charge is -2.31. The summed E-state index contributed by atoms with van der Waals surface area (Å²) in [7, 11) is 0. The van der Waals surface area contributed by atoms with Crippen LogP contribution in [0.15, 0.2) is 48.5 Å². The molecule has 1 fully saturated rings. The lowest BCUT2D eigenvalue weighted by atomic mass is 10.1. The molecule has 2 N–H and O–H groups in total. The Morgan fingerprint density at radius 2 is 1.92 bits per heavy atom. The molecule has 0 unspecified atom stereocenters. The first kappa shape index (κ1) is 17.0. The van der Waals surface area contributed by atoms with E-state index in [0.29, 0.717) is 17.7 Å². The molecule has 2 aromatic carbocycles. The number of aliphatic hydroxyl groups excluding tert-OH is 1. The van der Waals surface area contributed by atoms with E-state index in [1.54, 1.807) is 12.1 Å². The van der Waals surface area contributed by atoms with Crippen molar-refractivity contribution in [1.29, 1.82) is 5.26 Å². The number of nitriles is 1. The van der Waals surface area contributed by atoms with Crippen LogP contribution in [0.5, 0.6) is 0 Å². The first-order chi connectivity index (χ1) is 12.2. The van der Waals surface area contributed by atoms with E-state index < -0.39 is 0 Å². The summed E-state index contributed by atoms with van der Waals surface area (Å²) in [5.41, 5.74) is 3.17. The first-order valence-corrected chi connectivity index (χ1v) is 8.46. The second-order valence-electron chi connectivity index (χ2n) is 6.26. The van der Waals surface area contributed by atoms with Gasteiger partial charge in [-0.3, -0.25) is 4.79 Å². The van der Waals surface area contributed by atoms with Crippen molar-refractivity contribution in [3.8, 4) is 6.07 Å². The summed E-state index contributed by atoms with van der Waals surface area (Å²) in [4.78, 5) is 14.5. The molecule has 2 aromatic rings. The Morgan fingerprint density at radius 1 is 1.20 bits per heavy atom. The van der Waals surface area contributed by atoms with E-state index in [-0.39, 0.29) is 12.0 Å². The third-order valence-electron chi connectivity index (χ3n) is 4.47. The molecule has 1 amide bonds. The van der Waals surface area contributed by atoms with Gasteiger partial charge in [0.05, 0.1) is 17.7 Å². The predicted octanol–water partition coefficient (Wildman–Crippen LogP) is 2.45. The maximum Gasteiger partial charge on any atom is 0.251 e. The van der Waals surface area contributed by atoms with Gasteiger partial charge >= 0.3 is 0 Å². The maximum absolute atomic E-state index is 12.3. The Bertz CT molecular complexity index is 772. The van der Waals surface area contributed by atoms with Gasteiger partial charge in [0.1, 0.15) is 0 Å². The number of nitrogens with zero attached hydrogens (tertiary/aromatic N) is 2. The monoisotopic (exact) mass is 335 g/mol. The summed E-state index contributed by atoms with van der Waals surface area (Å²) in [5.74, 6) is -0.136. The molecular weight excluding hydrogens is 314 g/mol. The van der Waals surface area contributed by atoms with Gasteiger partial charge in [-0.1, -0.05) is 12.1 Å². The summed E-state index contributed by atoms with van der Waals surface area (Å²) in [6.07, 6.45) is 1.37. The average molecular weight is 335 g/mol. The van der Waals surface area contributed by atoms with E-state index in [1.807, 2.05) is 36.4 Å². The van der Waals surface area contributed by atoms with Gasteiger partial charge in [0.25, 0.3) is 5.91 Å². The lowest BCUT2D eigenvalue weighted by Crippen LogP contribution is -2.35. The molecule has 1 aliphatic rings. The molecule has 0 aromatic heterocycles. The van der Waals surface area contributed by atoms with Crippen LogP contribution in [0.3, 0.4) is 0 Å². The third-order valence-corrected chi connectivity index (χ3v) is 4.47. The molecular formula is C20H21N3O2. The molecule has 5 nitrogen and oxygen atoms in total. The van der Waals surface area contributed by atoms with Crippen molar-refractivity contribution in [2.45, 2.75) is 25.5 Å². The number of amides is 1. The summed E-state index contributed by atoms with van der Waals surface area (Å²) in [6.45, 7) is 2.06. The van der Waals surface area contributed by atoms with Gasteiger partial charge in [0.15, 0.2) is 0 Å². The van der Waals surface area contributed by atoms with E-state index in [2.05, 4.69) is 16.3 Å². The van der Waals surface area contributed by atoms with Crippen LogP contribution >= 0.6 is 0 Å². The molecule has 3 rings (SSSR count). The first-order valence-electron chi connectivity index (χ1n) is 8.46. The highest BCUT2D eigenvalue weighted by Crippen LogP contribution is 2.20. The highest BCUT2D eigenvalue weighted by Gasteiger charge is 2.17. The summed E-state index contributed by atoms with van der Waals surface area (Å²) in [6, 6.07) is 16.8. The summed E-state index contributed by atoms with van der Waals surface area (Å²) < 4.78 is 0. The van der Waals surface area contributed by atoms with Crippen molar-refractivity contribution < 1.29 is 9.90 Å². The summed E-state index contributed by atoms with van der Waals surface area (Å²) >= 11 is 0. The minimum atomic E-state index is -0.194. The molecule has 0 bridgehead atoms. The second-order valence-corrected chi connectivity index (χ2v) is 6.26. The lowest BCUT2D eigenvalue weighted by molar-refractivity contribution is 0.0951. The van der Waals surface area contributed by atoms with Crippen molar-refractivity contribution in [3.05, 3.63) is 65.2 Å². The van der Waals surface area contributed by atoms with Crippen molar-refractivity contribution in [3.63, 3.8) is 0 Å². The number of carbonyl (C=O) groups excluding carboxylic acids is 1. The standard InChI is InChI=1S/C20H21N3O2/c21-13-15-2-1-3-16(12-15)14-22-20(25)17-4-6-18(7-5-17)23-10-8-19(24)9-11-23/h1-7,12,19,24H,8-11,14H2,(H,22,25). The van der Waals surface area contributed by atoms with E-state index >= 15 is 0 Å². The van der Waals surface area contributed by atoms with Crippen LogP contribution in [0.1, 0.15) is 34.3 Å². The number of piperidine rings is 1. The maximum atomic E-state index is 12.3. The molecule has 25 heavy (non-hydrogen) atoms. The molecule has 0 aliphatic carbocycles. The van der Waals surface area contributed by atoms with Crippen LogP contribution < -0.4 is 10.2 Å². The normalized spacial score (nSPS) is 14.8. The second kappa shape index (κ2) is 7.82. The molecule has 1 saturated heterocycles. The molecule has 0 radical (unpaired) electrons. The van der Waals surface area contributed by atoms with E-state index in [0.717, 1.165) is 37.2 Å². The molecule has 0 atom stereocenters. The number of rotatable bonds is 4. The van der Waals surface area contributed by atoms with Gasteiger partial charge < -0.3 is 15.3 Å². The van der Waals surface area contributed by atoms with E-state index in [4.69, 9.17) is 5.26 Å². The van der Waals surface area contributed by atoms with Gasteiger partial charge in [-0.05, 0) is 54.8 Å². The van der Waals surface area contributed by atoms with E-state index in [9.17, 15) is 9.90 Å². The third kappa shape index (κ3) is 4.37. The fourth-order valence-electron chi connectivity index (χ4n) is 2.98. The van der Waals surface area contributed by atoms with E-state index in [1.165, 1.54) is 0 Å². The zero-order valence-electron chi connectivity index (χ0n) is 14.0. The number of nitrogens with one attached hydrogen (secondary N) is 1. The Hall–Kier alpha value is -2.84. The SMILES string of the molecule is N#Cc1cccc(CNC(=O)c2ccc(N3CCC(O)CC3)cc2)c1. The molecule has 1 heterocycles. The van der Waals surface area contributed by atoms with Gasteiger partial charge in [0, 0.05) is 30.9 Å². The summed E-state index contributed by atoms with van der Waals surface area (Å²) in [5, 5.41) is 21.4. The number of aliphatic hydroxyl groups is 1. The highest BCUT2D eigenvalue weighted by molar-refractivity contribution is 5.94. The quantitative estimate of drug-likeness (QED) is 0.900. The van der Waals surface area contributed by atoms with Gasteiger partial charge in [-0.2, -0.15) is 5.26 Å². The van der Waals surface area contributed by atoms with Crippen LogP contribution in [0.25, 0.3) is 0 Å². The zero-order valence-corrected chi connectivity index (χ0v) is 14.0. The molecule has 128 valence electrons.